The normalized spacial score (nSPS) is 55.4. The summed E-state index contributed by atoms with van der Waals surface area (Å²) in [6, 6.07) is 0. The summed E-state index contributed by atoms with van der Waals surface area (Å²) in [7, 11) is 0. The number of fused-ring (bicyclic) bond motifs is 7. The van der Waals surface area contributed by atoms with Gasteiger partial charge in [-0.2, -0.15) is 0 Å². The van der Waals surface area contributed by atoms with Gasteiger partial charge in [-0.15, -0.1) is 0 Å². The molecule has 5 aliphatic rings. The summed E-state index contributed by atoms with van der Waals surface area (Å²) in [5, 5.41) is 21.8. The van der Waals surface area contributed by atoms with Crippen LogP contribution in [0.2, 0.25) is 0 Å². The number of rotatable bonds is 3. The van der Waals surface area contributed by atoms with Crippen LogP contribution in [0.5, 0.6) is 0 Å². The van der Waals surface area contributed by atoms with Crippen molar-refractivity contribution in [2.24, 2.45) is 62.6 Å². The fourth-order valence-electron chi connectivity index (χ4n) is 11.7. The van der Waals surface area contributed by atoms with Crippen LogP contribution in [0.1, 0.15) is 92.9 Å². The van der Waals surface area contributed by atoms with E-state index in [1.54, 1.807) is 0 Å². The maximum Gasteiger partial charge on any atom is 0.309 e. The Bertz CT molecular complexity index is 923. The summed E-state index contributed by atoms with van der Waals surface area (Å²) < 4.78 is 0. The first kappa shape index (κ1) is 24.5. The maximum absolute atomic E-state index is 12.8. The molecule has 4 nitrogen and oxygen atoms in total. The largest absolute Gasteiger partial charge is 0.481 e. The number of aliphatic hydroxyl groups is 1. The molecular formula is C30H46O4. The third kappa shape index (κ3) is 2.55. The highest BCUT2D eigenvalue weighted by Crippen LogP contribution is 2.78. The quantitative estimate of drug-likeness (QED) is 0.385. The Balaban J connectivity index is 1.61. The summed E-state index contributed by atoms with van der Waals surface area (Å²) in [5.41, 5.74) is 0.153. The first-order valence-electron chi connectivity index (χ1n) is 13.8. The Labute approximate surface area is 206 Å². The number of carbonyl (C=O) groups excluding carboxylic acids is 1. The molecule has 0 amide bonds. The first-order chi connectivity index (χ1) is 15.7. The second-order valence-electron chi connectivity index (χ2n) is 14.4. The summed E-state index contributed by atoms with van der Waals surface area (Å²) >= 11 is 0. The summed E-state index contributed by atoms with van der Waals surface area (Å²) in [6.07, 6.45) is 8.13. The van der Waals surface area contributed by atoms with Crippen molar-refractivity contribution in [2.75, 3.05) is 0 Å². The van der Waals surface area contributed by atoms with Crippen LogP contribution in [0.25, 0.3) is 0 Å². The van der Waals surface area contributed by atoms with Crippen molar-refractivity contribution in [2.45, 2.75) is 99.0 Å². The van der Waals surface area contributed by atoms with Gasteiger partial charge in [0.05, 0.1) is 11.5 Å². The Morgan fingerprint density at radius 3 is 2.18 bits per heavy atom. The van der Waals surface area contributed by atoms with Gasteiger partial charge < -0.3 is 15.0 Å². The molecule has 0 aromatic rings. The van der Waals surface area contributed by atoms with Gasteiger partial charge in [-0.25, -0.2) is 0 Å². The number of aliphatic carboxylic acids is 1. The molecule has 0 aromatic carbocycles. The molecule has 5 fully saturated rings. The zero-order valence-electron chi connectivity index (χ0n) is 22.2. The second kappa shape index (κ2) is 7.20. The summed E-state index contributed by atoms with van der Waals surface area (Å²) in [5.74, 6) is 0.617. The average Bonchev–Trinajstić information content (AvgIpc) is 3.22. The molecule has 190 valence electrons. The van der Waals surface area contributed by atoms with E-state index in [4.69, 9.17) is 0 Å². The van der Waals surface area contributed by atoms with Gasteiger partial charge in [0.25, 0.3) is 0 Å². The number of allylic oxidation sites excluding steroid dienone is 1. The molecule has 0 aromatic heterocycles. The molecule has 5 aliphatic carbocycles. The molecule has 0 heterocycles. The van der Waals surface area contributed by atoms with Crippen LogP contribution >= 0.6 is 0 Å². The lowest BCUT2D eigenvalue weighted by Crippen LogP contribution is -2.65. The molecule has 0 unspecified atom stereocenters. The summed E-state index contributed by atoms with van der Waals surface area (Å²) in [4.78, 5) is 25.2. The molecular weight excluding hydrogens is 424 g/mol. The Hall–Kier alpha value is -1.16. The molecule has 11 atom stereocenters. The van der Waals surface area contributed by atoms with E-state index in [1.165, 1.54) is 0 Å². The van der Waals surface area contributed by atoms with E-state index < -0.39 is 17.5 Å². The van der Waals surface area contributed by atoms with Gasteiger partial charge in [-0.3, -0.25) is 4.79 Å². The number of carboxylic acid groups (broad SMARTS) is 1. The highest BCUT2D eigenvalue weighted by Gasteiger charge is 2.74. The van der Waals surface area contributed by atoms with Crippen molar-refractivity contribution in [3.63, 3.8) is 0 Å². The minimum atomic E-state index is -0.602. The van der Waals surface area contributed by atoms with E-state index in [9.17, 15) is 19.8 Å². The minimum Gasteiger partial charge on any atom is -0.481 e. The van der Waals surface area contributed by atoms with Crippen LogP contribution in [0, 0.1) is 62.6 Å². The highest BCUT2D eigenvalue weighted by molar-refractivity contribution is 5.76. The van der Waals surface area contributed by atoms with E-state index in [1.807, 2.05) is 0 Å². The topological polar surface area (TPSA) is 74.6 Å². The molecule has 4 heteroatoms. The van der Waals surface area contributed by atoms with Crippen molar-refractivity contribution in [1.82, 2.24) is 0 Å². The van der Waals surface area contributed by atoms with Gasteiger partial charge in [0.2, 0.25) is 0 Å². The number of hydrogen-bond acceptors (Lipinski definition) is 3. The standard InChI is InChI=1S/C30H46O4/c1-17(2)18-10-13-30(25(33)34)15-14-27(5)19(23(18)30)8-9-22-28(27,6)12-11-21-26(3,4)24(32)20(16-31)29(21,22)7/h16,18-24,32H,1,8-15H2,2-7H3,(H,33,34)/t18-,19+,20-,21+,22+,23+,24+,27+,28+,29+,30-/m1/s1. The fourth-order valence-corrected chi connectivity index (χ4v) is 11.7. The van der Waals surface area contributed by atoms with Gasteiger partial charge in [0.1, 0.15) is 6.29 Å². The molecule has 0 aliphatic heterocycles. The lowest BCUT2D eigenvalue weighted by atomic mass is 9.34. The highest BCUT2D eigenvalue weighted by atomic mass is 16.4. The van der Waals surface area contributed by atoms with Crippen molar-refractivity contribution in [3.8, 4) is 0 Å². The SMILES string of the molecule is C=C(C)[C@H]1CC[C@@]2(C(=O)O)CC[C@@]3(C)[C@@H](CC[C@@H]4[C@@]5(C)[C@H](C=O)[C@H](O)C(C)(C)[C@@H]5CC[C@@]43C)[C@H]12. The van der Waals surface area contributed by atoms with Crippen LogP contribution < -0.4 is 0 Å². The number of hydrogen-bond donors (Lipinski definition) is 2. The Kier molecular flexibility index (Phi) is 5.20. The van der Waals surface area contributed by atoms with Gasteiger partial charge in [-0.1, -0.05) is 46.8 Å². The Morgan fingerprint density at radius 2 is 1.59 bits per heavy atom. The third-order valence-corrected chi connectivity index (χ3v) is 13.5. The third-order valence-electron chi connectivity index (χ3n) is 13.5. The van der Waals surface area contributed by atoms with Gasteiger partial charge in [0, 0.05) is 5.92 Å². The predicted octanol–water partition coefficient (Wildman–Crippen LogP) is 6.12. The summed E-state index contributed by atoms with van der Waals surface area (Å²) in [6.45, 7) is 18.0. The van der Waals surface area contributed by atoms with Crippen molar-refractivity contribution in [1.29, 1.82) is 0 Å². The van der Waals surface area contributed by atoms with Crippen molar-refractivity contribution < 1.29 is 19.8 Å². The molecule has 0 bridgehead atoms. The molecule has 2 N–H and O–H groups in total. The second-order valence-corrected chi connectivity index (χ2v) is 14.4. The van der Waals surface area contributed by atoms with E-state index in [2.05, 4.69) is 48.1 Å². The van der Waals surface area contributed by atoms with Gasteiger partial charge in [0.15, 0.2) is 0 Å². The van der Waals surface area contributed by atoms with E-state index in [0.29, 0.717) is 23.7 Å². The average molecular weight is 471 g/mol. The van der Waals surface area contributed by atoms with Crippen LogP contribution in [0.15, 0.2) is 12.2 Å². The van der Waals surface area contributed by atoms with Crippen molar-refractivity contribution in [3.05, 3.63) is 12.2 Å². The van der Waals surface area contributed by atoms with Gasteiger partial charge >= 0.3 is 5.97 Å². The zero-order chi connectivity index (χ0) is 25.1. The number of carbonyl (C=O) groups is 2. The number of aliphatic hydroxyl groups excluding tert-OH is 1. The van der Waals surface area contributed by atoms with Crippen LogP contribution in [0.4, 0.5) is 0 Å². The monoisotopic (exact) mass is 470 g/mol. The van der Waals surface area contributed by atoms with E-state index in [-0.39, 0.29) is 33.5 Å². The first-order valence-corrected chi connectivity index (χ1v) is 13.8. The predicted molar refractivity (Wildman–Crippen MR) is 133 cm³/mol. The lowest BCUT2D eigenvalue weighted by Gasteiger charge is -2.70. The molecule has 0 saturated heterocycles. The fraction of sp³-hybridized carbons (Fsp3) is 0.867. The van der Waals surface area contributed by atoms with Crippen molar-refractivity contribution >= 4 is 12.3 Å². The van der Waals surface area contributed by atoms with E-state index >= 15 is 0 Å². The van der Waals surface area contributed by atoms with E-state index in [0.717, 1.165) is 63.2 Å². The molecule has 0 radical (unpaired) electrons. The maximum atomic E-state index is 12.8. The molecule has 5 saturated carbocycles. The number of carboxylic acids is 1. The Morgan fingerprint density at radius 1 is 0.912 bits per heavy atom. The minimum absolute atomic E-state index is 0.0371. The van der Waals surface area contributed by atoms with Gasteiger partial charge in [-0.05, 0) is 110 Å². The van der Waals surface area contributed by atoms with Crippen LogP contribution in [0.3, 0.4) is 0 Å². The molecule has 5 rings (SSSR count). The molecule has 34 heavy (non-hydrogen) atoms. The number of aldehydes is 1. The zero-order valence-corrected chi connectivity index (χ0v) is 22.2. The van der Waals surface area contributed by atoms with Crippen LogP contribution in [-0.2, 0) is 9.59 Å². The molecule has 0 spiro atoms. The lowest BCUT2D eigenvalue weighted by molar-refractivity contribution is -0.225. The smallest absolute Gasteiger partial charge is 0.309 e. The van der Waals surface area contributed by atoms with Crippen LogP contribution in [-0.4, -0.2) is 28.6 Å².